The zero-order valence-corrected chi connectivity index (χ0v) is 13.4. The summed E-state index contributed by atoms with van der Waals surface area (Å²) < 4.78 is 32.9. The predicted molar refractivity (Wildman–Crippen MR) is 80.6 cm³/mol. The molecule has 22 heavy (non-hydrogen) atoms. The summed E-state index contributed by atoms with van der Waals surface area (Å²) in [5.74, 6) is -2.76. The van der Waals surface area contributed by atoms with Crippen LogP contribution in [0.3, 0.4) is 0 Å². The molecule has 1 saturated heterocycles. The van der Waals surface area contributed by atoms with Gasteiger partial charge in [0.25, 0.3) is 0 Å². The third kappa shape index (κ3) is 7.77. The number of aliphatic carboxylic acids is 1. The third-order valence-corrected chi connectivity index (χ3v) is 3.62. The van der Waals surface area contributed by atoms with Crippen LogP contribution in [0.1, 0.15) is 18.4 Å². The van der Waals surface area contributed by atoms with E-state index >= 15 is 0 Å². The Morgan fingerprint density at radius 3 is 2.23 bits per heavy atom. The number of carboxylic acids is 1. The third-order valence-electron chi connectivity index (χ3n) is 3.09. The second-order valence-corrected chi connectivity index (χ2v) is 5.75. The van der Waals surface area contributed by atoms with Crippen LogP contribution in [0.25, 0.3) is 0 Å². The maximum atomic E-state index is 10.6. The van der Waals surface area contributed by atoms with Gasteiger partial charge in [0.05, 0.1) is 0 Å². The van der Waals surface area contributed by atoms with Crippen molar-refractivity contribution in [2.75, 3.05) is 13.1 Å². The van der Waals surface area contributed by atoms with Crippen molar-refractivity contribution in [3.63, 3.8) is 0 Å². The van der Waals surface area contributed by atoms with Crippen molar-refractivity contribution in [2.24, 2.45) is 0 Å². The highest BCUT2D eigenvalue weighted by Gasteiger charge is 2.38. The second-order valence-electron chi connectivity index (χ2n) is 4.83. The van der Waals surface area contributed by atoms with Crippen molar-refractivity contribution in [2.45, 2.75) is 31.6 Å². The van der Waals surface area contributed by atoms with Crippen LogP contribution in [0.15, 0.2) is 28.7 Å². The molecule has 3 N–H and O–H groups in total. The fourth-order valence-electron chi connectivity index (χ4n) is 1.89. The molecule has 1 aromatic rings. The van der Waals surface area contributed by atoms with Crippen LogP contribution in [-0.2, 0) is 11.3 Å². The molecule has 0 aromatic heterocycles. The summed E-state index contributed by atoms with van der Waals surface area (Å²) in [5, 5.41) is 14.1. The van der Waals surface area contributed by atoms with Gasteiger partial charge < -0.3 is 15.7 Å². The molecule has 0 aliphatic carbocycles. The van der Waals surface area contributed by atoms with E-state index in [0.29, 0.717) is 6.04 Å². The highest BCUT2D eigenvalue weighted by Crippen LogP contribution is 2.13. The van der Waals surface area contributed by atoms with E-state index in [1.165, 1.54) is 18.4 Å². The number of hydrogen-bond acceptors (Lipinski definition) is 3. The molecule has 1 aliphatic rings. The Morgan fingerprint density at radius 1 is 1.27 bits per heavy atom. The standard InChI is InChI=1S/C12H17BrN2.C2HF3O2/c13-11-3-1-10(2-4-11)9-15-12-5-7-14-8-6-12;3-2(4,5)1(6)7/h1-4,12,14-15H,5-9H2;(H,6,7). The highest BCUT2D eigenvalue weighted by molar-refractivity contribution is 9.10. The van der Waals surface area contributed by atoms with E-state index in [0.717, 1.165) is 24.1 Å². The van der Waals surface area contributed by atoms with E-state index in [9.17, 15) is 13.2 Å². The van der Waals surface area contributed by atoms with E-state index in [4.69, 9.17) is 9.90 Å². The van der Waals surface area contributed by atoms with Crippen molar-refractivity contribution in [1.82, 2.24) is 10.6 Å². The first-order valence-electron chi connectivity index (χ1n) is 6.77. The summed E-state index contributed by atoms with van der Waals surface area (Å²) >= 11 is 3.44. The van der Waals surface area contributed by atoms with Crippen LogP contribution in [0.2, 0.25) is 0 Å². The summed E-state index contributed by atoms with van der Waals surface area (Å²) in [6.45, 7) is 3.29. The number of carbonyl (C=O) groups is 1. The fourth-order valence-corrected chi connectivity index (χ4v) is 2.15. The predicted octanol–water partition coefficient (Wildman–Crippen LogP) is 2.92. The summed E-state index contributed by atoms with van der Waals surface area (Å²) in [4.78, 5) is 8.90. The first-order chi connectivity index (χ1) is 10.3. The van der Waals surface area contributed by atoms with Gasteiger partial charge in [-0.3, -0.25) is 0 Å². The molecule has 1 aromatic carbocycles. The van der Waals surface area contributed by atoms with E-state index in [-0.39, 0.29) is 0 Å². The molecule has 1 aliphatic heterocycles. The molecule has 0 spiro atoms. The minimum Gasteiger partial charge on any atom is -0.475 e. The van der Waals surface area contributed by atoms with Gasteiger partial charge in [-0.15, -0.1) is 0 Å². The number of piperidine rings is 1. The largest absolute Gasteiger partial charge is 0.490 e. The zero-order chi connectivity index (χ0) is 16.6. The van der Waals surface area contributed by atoms with E-state index in [2.05, 4.69) is 50.8 Å². The lowest BCUT2D eigenvalue weighted by Gasteiger charge is -2.23. The van der Waals surface area contributed by atoms with E-state index in [1.807, 2.05) is 0 Å². The first kappa shape index (κ1) is 18.9. The fraction of sp³-hybridized carbons (Fsp3) is 0.500. The van der Waals surface area contributed by atoms with Crippen LogP contribution < -0.4 is 10.6 Å². The number of benzene rings is 1. The smallest absolute Gasteiger partial charge is 0.475 e. The summed E-state index contributed by atoms with van der Waals surface area (Å²) in [7, 11) is 0. The van der Waals surface area contributed by atoms with Gasteiger partial charge in [0.1, 0.15) is 0 Å². The lowest BCUT2D eigenvalue weighted by atomic mass is 10.1. The van der Waals surface area contributed by atoms with Crippen molar-refractivity contribution >= 4 is 21.9 Å². The molecule has 0 bridgehead atoms. The lowest BCUT2D eigenvalue weighted by molar-refractivity contribution is -0.192. The van der Waals surface area contributed by atoms with E-state index in [1.54, 1.807) is 0 Å². The minimum atomic E-state index is -5.08. The highest BCUT2D eigenvalue weighted by atomic mass is 79.9. The van der Waals surface area contributed by atoms with Gasteiger partial charge in [-0.1, -0.05) is 28.1 Å². The molecule has 124 valence electrons. The summed E-state index contributed by atoms with van der Waals surface area (Å²) in [5.41, 5.74) is 1.36. The van der Waals surface area contributed by atoms with Crippen molar-refractivity contribution in [3.05, 3.63) is 34.3 Å². The monoisotopic (exact) mass is 382 g/mol. The maximum absolute atomic E-state index is 10.6. The molecule has 0 atom stereocenters. The minimum absolute atomic E-state index is 0.690. The lowest BCUT2D eigenvalue weighted by Crippen LogP contribution is -2.39. The average Bonchev–Trinajstić information content (AvgIpc) is 2.47. The molecular weight excluding hydrogens is 365 g/mol. The summed E-state index contributed by atoms with van der Waals surface area (Å²) in [6.07, 6.45) is -2.59. The second kappa shape index (κ2) is 9.12. The molecule has 0 unspecified atom stereocenters. The van der Waals surface area contributed by atoms with Crippen molar-refractivity contribution in [3.8, 4) is 0 Å². The Morgan fingerprint density at radius 2 is 1.77 bits per heavy atom. The van der Waals surface area contributed by atoms with Gasteiger partial charge in [0, 0.05) is 17.1 Å². The van der Waals surface area contributed by atoms with Gasteiger partial charge in [0.15, 0.2) is 0 Å². The molecule has 0 saturated carbocycles. The SMILES string of the molecule is Brc1ccc(CNC2CCNCC2)cc1.O=C(O)C(F)(F)F. The number of nitrogens with one attached hydrogen (secondary N) is 2. The average molecular weight is 383 g/mol. The number of alkyl halides is 3. The first-order valence-corrected chi connectivity index (χ1v) is 7.57. The van der Waals surface area contributed by atoms with Crippen LogP contribution in [0.4, 0.5) is 13.2 Å². The number of rotatable bonds is 3. The van der Waals surface area contributed by atoms with Gasteiger partial charge in [-0.2, -0.15) is 13.2 Å². The number of hydrogen-bond donors (Lipinski definition) is 3. The van der Waals surface area contributed by atoms with Crippen molar-refractivity contribution < 1.29 is 23.1 Å². The molecule has 2 rings (SSSR count). The van der Waals surface area contributed by atoms with Gasteiger partial charge >= 0.3 is 12.1 Å². The number of carboxylic acid groups (broad SMARTS) is 1. The molecule has 4 nitrogen and oxygen atoms in total. The summed E-state index contributed by atoms with van der Waals surface area (Å²) in [6, 6.07) is 9.21. The zero-order valence-electron chi connectivity index (χ0n) is 11.8. The Bertz CT molecular complexity index is 460. The van der Waals surface area contributed by atoms with Crippen LogP contribution >= 0.6 is 15.9 Å². The molecule has 1 heterocycles. The number of halogens is 4. The Balaban J connectivity index is 0.000000295. The maximum Gasteiger partial charge on any atom is 0.490 e. The van der Waals surface area contributed by atoms with Crippen molar-refractivity contribution in [1.29, 1.82) is 0 Å². The van der Waals surface area contributed by atoms with Crippen LogP contribution in [0.5, 0.6) is 0 Å². The molecule has 0 amide bonds. The normalized spacial score (nSPS) is 15.8. The molecule has 8 heteroatoms. The van der Waals surface area contributed by atoms with Crippen LogP contribution in [0, 0.1) is 0 Å². The molecule has 1 fully saturated rings. The Kier molecular flexibility index (Phi) is 7.84. The van der Waals surface area contributed by atoms with Gasteiger partial charge in [-0.05, 0) is 43.6 Å². The van der Waals surface area contributed by atoms with Gasteiger partial charge in [-0.25, -0.2) is 4.79 Å². The Hall–Kier alpha value is -1.12. The Labute approximate surface area is 135 Å². The van der Waals surface area contributed by atoms with Gasteiger partial charge in [0.2, 0.25) is 0 Å². The topological polar surface area (TPSA) is 61.4 Å². The molecule has 0 radical (unpaired) electrons. The quantitative estimate of drug-likeness (QED) is 0.751. The molecular formula is C14H18BrF3N2O2. The van der Waals surface area contributed by atoms with E-state index < -0.39 is 12.1 Å². The van der Waals surface area contributed by atoms with Crippen LogP contribution in [-0.4, -0.2) is 36.4 Å².